The van der Waals surface area contributed by atoms with E-state index in [9.17, 15) is 105 Å². The van der Waals surface area contributed by atoms with Gasteiger partial charge in [-0.25, -0.2) is 75.4 Å². The van der Waals surface area contributed by atoms with Crippen LogP contribution in [0.3, 0.4) is 0 Å². The highest BCUT2D eigenvalue weighted by Gasteiger charge is 2.43. The van der Waals surface area contributed by atoms with Gasteiger partial charge in [-0.3, -0.25) is 0 Å². The molecule has 18 nitrogen and oxygen atoms in total. The van der Waals surface area contributed by atoms with Gasteiger partial charge < -0.3 is 28.8 Å². The third-order valence-electron chi connectivity index (χ3n) is 17.8. The number of ether oxygens (including phenoxy) is 5. The quantitative estimate of drug-likeness (QED) is 0.0398. The van der Waals surface area contributed by atoms with Crippen LogP contribution in [0.25, 0.3) is 0 Å². The van der Waals surface area contributed by atoms with Gasteiger partial charge >= 0.3 is 36.4 Å². The third kappa shape index (κ3) is 24.3. The molecule has 0 heterocycles. The Bertz CT molecular complexity index is 4900. The van der Waals surface area contributed by atoms with E-state index in [1.807, 2.05) is 0 Å². The summed E-state index contributed by atoms with van der Waals surface area (Å²) in [6.07, 6.45) is -11.2. The molecule has 622 valence electrons. The lowest BCUT2D eigenvalue weighted by Gasteiger charge is -2.36. The predicted octanol–water partition coefficient (Wildman–Crippen LogP) is 18.3. The number of aliphatic carboxylic acids is 1. The Morgan fingerprint density at radius 3 is 1.09 bits per heavy atom. The summed E-state index contributed by atoms with van der Waals surface area (Å²) in [6.45, 7) is 9.87. The zero-order valence-corrected chi connectivity index (χ0v) is 65.2. The SMILES string of the molecule is CC(C)(C)OC(=O)COc1cccc2c1CCC[C@H]2N(Cc1ccccc1)S(=O)(=O)c1cc(C(C)(F)F)cc(C(F)(F)F)c1.CC(C)(C)OC(=O)COc1cccc2c1CCC[C@H]2NS(=O)(=O)c1cc(C(C)(F)F)cc(C(F)(F)F)c1.CC(F)(F)c1cc(C(F)(F)F)cc(S(=O)(=O)N[C@@H]2CCCc3c(OCC(=O)O)cccc32)c1. The average Bonchev–Trinajstić information content (AvgIpc) is 0.751. The summed E-state index contributed by atoms with van der Waals surface area (Å²) in [5.41, 5.74) is -5.18. The first-order valence-electron chi connectivity index (χ1n) is 35.2. The lowest BCUT2D eigenvalue weighted by molar-refractivity contribution is -0.158. The number of carbonyl (C=O) groups excluding carboxylic acids is 2. The van der Waals surface area contributed by atoms with Gasteiger partial charge in [0.25, 0.3) is 17.8 Å². The number of alkyl halides is 15. The minimum Gasteiger partial charge on any atom is -0.482 e. The molecule has 7 aromatic carbocycles. The molecule has 0 aliphatic heterocycles. The number of hydrogen-bond acceptors (Lipinski definition) is 14. The minimum atomic E-state index is -5.06. The lowest BCUT2D eigenvalue weighted by atomic mass is 9.87. The number of carbonyl (C=O) groups is 3. The highest BCUT2D eigenvalue weighted by molar-refractivity contribution is 7.90. The van der Waals surface area contributed by atoms with Gasteiger partial charge in [0.1, 0.15) is 28.5 Å². The van der Waals surface area contributed by atoms with E-state index in [-0.39, 0.29) is 43.7 Å². The maximum absolute atomic E-state index is 14.3. The van der Waals surface area contributed by atoms with Crippen molar-refractivity contribution in [2.75, 3.05) is 19.8 Å². The van der Waals surface area contributed by atoms with Gasteiger partial charge in [0.15, 0.2) is 19.8 Å². The van der Waals surface area contributed by atoms with Crippen LogP contribution in [0.5, 0.6) is 17.2 Å². The second-order valence-corrected chi connectivity index (χ2v) is 34.7. The van der Waals surface area contributed by atoms with Crippen molar-refractivity contribution in [3.8, 4) is 17.2 Å². The minimum absolute atomic E-state index is 0.223. The number of benzene rings is 7. The number of hydrogen-bond donors (Lipinski definition) is 3. The summed E-state index contributed by atoms with van der Waals surface area (Å²) in [5, 5.41) is 8.82. The summed E-state index contributed by atoms with van der Waals surface area (Å²) < 4.78 is 319. The molecule has 0 amide bonds. The molecule has 0 fully saturated rings. The smallest absolute Gasteiger partial charge is 0.416 e. The van der Waals surface area contributed by atoms with E-state index in [2.05, 4.69) is 9.44 Å². The summed E-state index contributed by atoms with van der Waals surface area (Å²) in [6, 6.07) is 23.8. The van der Waals surface area contributed by atoms with E-state index in [4.69, 9.17) is 28.8 Å². The first-order valence-corrected chi connectivity index (χ1v) is 39.6. The Hall–Kier alpha value is -8.97. The van der Waals surface area contributed by atoms with Crippen LogP contribution in [0, 0.1) is 0 Å². The number of sulfonamides is 3. The van der Waals surface area contributed by atoms with Crippen molar-refractivity contribution >= 4 is 48.0 Å². The van der Waals surface area contributed by atoms with Crippen LogP contribution < -0.4 is 23.7 Å². The Balaban J connectivity index is 0.000000216. The molecule has 3 N–H and O–H groups in total. The lowest BCUT2D eigenvalue weighted by Crippen LogP contribution is -2.36. The topological polar surface area (TPSA) is 247 Å². The van der Waals surface area contributed by atoms with E-state index in [0.717, 1.165) is 4.31 Å². The molecule has 0 spiro atoms. The monoisotopic (exact) mass is 1680 g/mol. The van der Waals surface area contributed by atoms with E-state index in [1.54, 1.807) is 114 Å². The zero-order valence-electron chi connectivity index (χ0n) is 62.7. The van der Waals surface area contributed by atoms with Crippen molar-refractivity contribution in [2.24, 2.45) is 0 Å². The first-order chi connectivity index (χ1) is 52.4. The second kappa shape index (κ2) is 34.8. The number of rotatable bonds is 23. The molecule has 3 atom stereocenters. The number of halogens is 15. The van der Waals surface area contributed by atoms with Crippen LogP contribution in [-0.2, 0) is 116 Å². The number of esters is 2. The molecular weight excluding hydrogens is 1600 g/mol. The Morgan fingerprint density at radius 2 is 0.737 bits per heavy atom. The molecular formula is C78H82F15N3O15S3. The standard InChI is InChI=1S/C32H34F5NO5S.C25H28F5NO5S.C21H20F5NO5S/c1-30(2,3)43-29(39)20-42-28-15-9-12-25-26(28)13-8-14-27(25)38(19-21-10-6-5-7-11-21)44(40,41)24-17-22(31(4,33)34)16-23(18-24)32(35,36)37;1-23(2,3)36-22(32)14-35-21-10-6-7-18-19(21)8-5-9-20(18)31-37(33,34)17-12-15(24(4,26)27)11-16(13-17)25(28,29)30;1-20(22,23)12-8-13(21(24,25)26)10-14(9-12)33(30,31)27-17-6-2-5-16-15(17)4-3-7-18(16)32-11-19(28)29/h5-7,9-12,15-18,27H,8,13-14,19-20H2,1-4H3;6-7,10-13,20,31H,5,8-9,14H2,1-4H3;3-4,7-10,17,27H,2,5-6,11H2,1H3,(H,28,29)/t27-;20-;17-/m111/s1. The fourth-order valence-electron chi connectivity index (χ4n) is 12.8. The van der Waals surface area contributed by atoms with Crippen molar-refractivity contribution in [2.45, 2.75) is 207 Å². The van der Waals surface area contributed by atoms with Gasteiger partial charge in [-0.15, -0.1) is 0 Å². The summed E-state index contributed by atoms with van der Waals surface area (Å²) in [7, 11) is -14.0. The Labute approximate surface area is 648 Å². The van der Waals surface area contributed by atoms with Gasteiger partial charge in [-0.05, 0) is 211 Å². The summed E-state index contributed by atoms with van der Waals surface area (Å²) >= 11 is 0. The third-order valence-corrected chi connectivity index (χ3v) is 22.6. The first kappa shape index (κ1) is 90.6. The van der Waals surface area contributed by atoms with Crippen molar-refractivity contribution in [1.29, 1.82) is 0 Å². The summed E-state index contributed by atoms with van der Waals surface area (Å²) in [4.78, 5) is 32.4. The molecule has 3 aliphatic carbocycles. The maximum Gasteiger partial charge on any atom is 0.416 e. The largest absolute Gasteiger partial charge is 0.482 e. The molecule has 3 aliphatic rings. The molecule has 0 unspecified atom stereocenters. The van der Waals surface area contributed by atoms with Gasteiger partial charge in [0.05, 0.1) is 37.4 Å². The zero-order chi connectivity index (χ0) is 84.9. The number of carboxylic acids is 1. The molecule has 0 saturated heterocycles. The highest BCUT2D eigenvalue weighted by atomic mass is 32.2. The van der Waals surface area contributed by atoms with Crippen molar-refractivity contribution < 1.29 is 134 Å². The molecule has 36 heteroatoms. The molecule has 0 saturated carbocycles. The fraction of sp³-hybridized carbons (Fsp3) is 0.423. The second-order valence-electron chi connectivity index (χ2n) is 29.4. The molecule has 0 radical (unpaired) electrons. The normalized spacial score (nSPS) is 16.5. The van der Waals surface area contributed by atoms with Gasteiger partial charge in [-0.1, -0.05) is 66.7 Å². The highest BCUT2D eigenvalue weighted by Crippen LogP contribution is 2.46. The van der Waals surface area contributed by atoms with Gasteiger partial charge in [-0.2, -0.15) is 43.8 Å². The fourth-order valence-corrected chi connectivity index (χ4v) is 17.1. The molecule has 114 heavy (non-hydrogen) atoms. The van der Waals surface area contributed by atoms with Crippen LogP contribution in [0.2, 0.25) is 0 Å². The molecule has 0 aromatic heterocycles. The van der Waals surface area contributed by atoms with E-state index >= 15 is 0 Å². The van der Waals surface area contributed by atoms with Crippen LogP contribution >= 0.6 is 0 Å². The summed E-state index contributed by atoms with van der Waals surface area (Å²) in [5.74, 6) is -12.5. The molecule has 10 rings (SSSR count). The van der Waals surface area contributed by atoms with E-state index in [1.165, 1.54) is 12.1 Å². The van der Waals surface area contributed by atoms with Crippen LogP contribution in [0.1, 0.15) is 191 Å². The van der Waals surface area contributed by atoms with Crippen LogP contribution in [-0.4, -0.2) is 83.6 Å². The van der Waals surface area contributed by atoms with Crippen molar-refractivity contribution in [3.63, 3.8) is 0 Å². The number of fused-ring (bicyclic) bond motifs is 3. The number of nitrogens with zero attached hydrogens (tertiary/aromatic N) is 1. The van der Waals surface area contributed by atoms with E-state index < -0.39 is 168 Å². The van der Waals surface area contributed by atoms with Crippen molar-refractivity contribution in [3.05, 3.63) is 212 Å². The van der Waals surface area contributed by atoms with Crippen LogP contribution in [0.4, 0.5) is 65.9 Å². The molecule has 7 aromatic rings. The Kier molecular flexibility index (Phi) is 27.7. The Morgan fingerprint density at radius 1 is 0.412 bits per heavy atom. The van der Waals surface area contributed by atoms with Gasteiger partial charge in [0.2, 0.25) is 30.1 Å². The van der Waals surface area contributed by atoms with Gasteiger partial charge in [0, 0.05) is 56.1 Å². The maximum atomic E-state index is 14.3. The average molecular weight is 1680 g/mol. The molecule has 0 bridgehead atoms. The van der Waals surface area contributed by atoms with Crippen molar-refractivity contribution in [1.82, 2.24) is 13.7 Å². The number of carboxylic acid groups (broad SMARTS) is 1. The predicted molar refractivity (Wildman–Crippen MR) is 385 cm³/mol. The van der Waals surface area contributed by atoms with E-state index in [0.29, 0.717) is 165 Å². The number of nitrogens with one attached hydrogen (secondary N) is 2. The van der Waals surface area contributed by atoms with Crippen LogP contribution in [0.15, 0.2) is 154 Å².